The summed E-state index contributed by atoms with van der Waals surface area (Å²) in [5.41, 5.74) is 1.41. The highest BCUT2D eigenvalue weighted by Crippen LogP contribution is 2.42. The zero-order chi connectivity index (χ0) is 22.4. The van der Waals surface area contributed by atoms with Gasteiger partial charge >= 0.3 is 6.09 Å². The van der Waals surface area contributed by atoms with Gasteiger partial charge in [0, 0.05) is 31.1 Å². The molecule has 2 amide bonds. The molecule has 0 radical (unpaired) electrons. The summed E-state index contributed by atoms with van der Waals surface area (Å²) in [4.78, 5) is 41.5. The molecule has 0 N–H and O–H groups in total. The number of benzene rings is 1. The van der Waals surface area contributed by atoms with Crippen LogP contribution in [-0.2, 0) is 9.53 Å². The Balaban J connectivity index is 1.29. The van der Waals surface area contributed by atoms with Crippen LogP contribution < -0.4 is 14.5 Å². The molecule has 2 saturated heterocycles. The molecule has 3 aliphatic rings. The van der Waals surface area contributed by atoms with Crippen LogP contribution in [0.15, 0.2) is 30.3 Å². The summed E-state index contributed by atoms with van der Waals surface area (Å²) in [6.45, 7) is 3.04. The third kappa shape index (κ3) is 3.86. The molecule has 0 saturated carbocycles. The van der Waals surface area contributed by atoms with Gasteiger partial charge in [0.15, 0.2) is 5.78 Å². The van der Waals surface area contributed by atoms with Crippen molar-refractivity contribution in [2.75, 3.05) is 23.0 Å². The zero-order valence-electron chi connectivity index (χ0n) is 17.6. The van der Waals surface area contributed by atoms with Gasteiger partial charge in [-0.05, 0) is 43.0 Å². The van der Waals surface area contributed by atoms with Crippen LogP contribution in [0.4, 0.5) is 16.2 Å². The normalized spacial score (nSPS) is 24.6. The lowest BCUT2D eigenvalue weighted by atomic mass is 9.98. The lowest BCUT2D eigenvalue weighted by Crippen LogP contribution is -2.44. The number of ether oxygens (including phenoxy) is 2. The number of ketones is 1. The third-order valence-electron chi connectivity index (χ3n) is 6.31. The molecular formula is C23H23ClN2O5S. The summed E-state index contributed by atoms with van der Waals surface area (Å²) in [6, 6.07) is 8.61. The maximum atomic E-state index is 12.7. The summed E-state index contributed by atoms with van der Waals surface area (Å²) < 4.78 is 12.2. The van der Waals surface area contributed by atoms with E-state index in [1.54, 1.807) is 21.9 Å². The maximum Gasteiger partial charge on any atom is 0.415 e. The Morgan fingerprint density at radius 3 is 2.84 bits per heavy atom. The Labute approximate surface area is 194 Å². The predicted molar refractivity (Wildman–Crippen MR) is 122 cm³/mol. The van der Waals surface area contributed by atoms with E-state index >= 15 is 0 Å². The first-order valence-electron chi connectivity index (χ1n) is 10.8. The standard InChI is InChI=1S/C23H23ClN2O5S/c1-13-8-9-25(22(28)10-13)14-2-3-15-19(11-14)30-12-16-18(31-23(29)26(15)16)5-4-17(27)20-6-7-21(24)32-20/h2-3,6-7,11,13,16,18H,4-5,8-10,12H2,1H3/t13-,16+,18+/m1/s1. The van der Waals surface area contributed by atoms with E-state index in [1.807, 2.05) is 18.2 Å². The first-order valence-corrected chi connectivity index (χ1v) is 12.0. The number of rotatable bonds is 5. The van der Waals surface area contributed by atoms with Crippen molar-refractivity contribution in [3.8, 4) is 5.75 Å². The molecule has 3 atom stereocenters. The largest absolute Gasteiger partial charge is 0.489 e. The Morgan fingerprint density at radius 2 is 2.09 bits per heavy atom. The van der Waals surface area contributed by atoms with Crippen LogP contribution in [-0.4, -0.2) is 43.1 Å². The van der Waals surface area contributed by atoms with Gasteiger partial charge in [-0.25, -0.2) is 4.79 Å². The van der Waals surface area contributed by atoms with Crippen molar-refractivity contribution in [1.29, 1.82) is 0 Å². The van der Waals surface area contributed by atoms with Crippen molar-refractivity contribution in [1.82, 2.24) is 0 Å². The van der Waals surface area contributed by atoms with Gasteiger partial charge in [0.05, 0.1) is 14.9 Å². The predicted octanol–water partition coefficient (Wildman–Crippen LogP) is 4.91. The number of carbonyl (C=O) groups excluding carboxylic acids is 3. The van der Waals surface area contributed by atoms with E-state index in [9.17, 15) is 14.4 Å². The highest BCUT2D eigenvalue weighted by Gasteiger charge is 2.46. The minimum atomic E-state index is -0.438. The van der Waals surface area contributed by atoms with E-state index in [4.69, 9.17) is 21.1 Å². The number of piperidine rings is 1. The number of hydrogen-bond acceptors (Lipinski definition) is 6. The van der Waals surface area contributed by atoms with E-state index in [2.05, 4.69) is 6.92 Å². The SMILES string of the molecule is C[C@@H]1CCN(c2ccc3c(c2)OC[C@H]2[C@H](CCC(=O)c4ccc(Cl)s4)OC(=O)N32)C(=O)C1. The summed E-state index contributed by atoms with van der Waals surface area (Å²) in [5, 5.41) is 0. The van der Waals surface area contributed by atoms with Gasteiger partial charge in [-0.2, -0.15) is 0 Å². The van der Waals surface area contributed by atoms with Crippen LogP contribution in [0.25, 0.3) is 0 Å². The smallest absolute Gasteiger partial charge is 0.415 e. The second-order valence-corrected chi connectivity index (χ2v) is 10.2. The number of cyclic esters (lactones) is 1. The van der Waals surface area contributed by atoms with E-state index < -0.39 is 12.2 Å². The fourth-order valence-electron chi connectivity index (χ4n) is 4.56. The number of nitrogens with zero attached hydrogens (tertiary/aromatic N) is 2. The van der Waals surface area contributed by atoms with Crippen LogP contribution >= 0.6 is 22.9 Å². The Hall–Kier alpha value is -2.58. The highest BCUT2D eigenvalue weighted by molar-refractivity contribution is 7.18. The van der Waals surface area contributed by atoms with Gasteiger partial charge in [-0.1, -0.05) is 18.5 Å². The van der Waals surface area contributed by atoms with E-state index in [0.29, 0.717) is 46.0 Å². The third-order valence-corrected chi connectivity index (χ3v) is 7.58. The number of carbonyl (C=O) groups is 3. The van der Waals surface area contributed by atoms with Crippen molar-refractivity contribution >= 4 is 52.1 Å². The fraction of sp³-hybridized carbons (Fsp3) is 0.435. The molecule has 32 heavy (non-hydrogen) atoms. The first-order chi connectivity index (χ1) is 15.4. The van der Waals surface area contributed by atoms with Gasteiger partial charge in [-0.15, -0.1) is 11.3 Å². The second-order valence-electron chi connectivity index (χ2n) is 8.53. The van der Waals surface area contributed by atoms with Crippen molar-refractivity contribution in [3.63, 3.8) is 0 Å². The molecule has 0 spiro atoms. The molecule has 0 unspecified atom stereocenters. The average molecular weight is 475 g/mol. The summed E-state index contributed by atoms with van der Waals surface area (Å²) >= 11 is 7.17. The van der Waals surface area contributed by atoms with Crippen LogP contribution in [0.2, 0.25) is 4.34 Å². The Morgan fingerprint density at radius 1 is 1.25 bits per heavy atom. The molecule has 5 rings (SSSR count). The van der Waals surface area contributed by atoms with Crippen molar-refractivity contribution in [3.05, 3.63) is 39.5 Å². The van der Waals surface area contributed by atoms with Crippen LogP contribution in [0.1, 0.15) is 42.3 Å². The number of amides is 2. The number of anilines is 2. The van der Waals surface area contributed by atoms with Gasteiger partial charge in [0.2, 0.25) is 5.91 Å². The molecule has 0 bridgehead atoms. The topological polar surface area (TPSA) is 76.2 Å². The lowest BCUT2D eigenvalue weighted by Gasteiger charge is -2.34. The number of thiophene rings is 1. The number of fused-ring (bicyclic) bond motifs is 3. The highest BCUT2D eigenvalue weighted by atomic mass is 35.5. The number of halogens is 1. The van der Waals surface area contributed by atoms with E-state index in [0.717, 1.165) is 12.1 Å². The molecule has 9 heteroatoms. The van der Waals surface area contributed by atoms with Gasteiger partial charge < -0.3 is 14.4 Å². The van der Waals surface area contributed by atoms with E-state index in [1.165, 1.54) is 11.3 Å². The van der Waals surface area contributed by atoms with E-state index in [-0.39, 0.29) is 30.8 Å². The second kappa shape index (κ2) is 8.41. The maximum absolute atomic E-state index is 12.7. The molecule has 3 aliphatic heterocycles. The molecular weight excluding hydrogens is 452 g/mol. The fourth-order valence-corrected chi connectivity index (χ4v) is 5.57. The molecule has 168 valence electrons. The molecule has 7 nitrogen and oxygen atoms in total. The van der Waals surface area contributed by atoms with Crippen LogP contribution in [0, 0.1) is 5.92 Å². The Kier molecular flexibility index (Phi) is 5.59. The minimum absolute atomic E-state index is 0.0151. The number of hydrogen-bond donors (Lipinski definition) is 0. The lowest BCUT2D eigenvalue weighted by molar-refractivity contribution is -0.120. The van der Waals surface area contributed by atoms with Gasteiger partial charge in [-0.3, -0.25) is 14.5 Å². The first kappa shape index (κ1) is 21.3. The zero-order valence-corrected chi connectivity index (χ0v) is 19.2. The van der Waals surface area contributed by atoms with Crippen molar-refractivity contribution in [2.45, 2.75) is 44.8 Å². The Bertz CT molecular complexity index is 1090. The van der Waals surface area contributed by atoms with Crippen LogP contribution in [0.5, 0.6) is 5.75 Å². The summed E-state index contributed by atoms with van der Waals surface area (Å²) in [6.07, 6.45) is 1.31. The van der Waals surface area contributed by atoms with Crippen molar-refractivity contribution < 1.29 is 23.9 Å². The molecule has 2 fully saturated rings. The summed E-state index contributed by atoms with van der Waals surface area (Å²) in [5.74, 6) is 1.05. The van der Waals surface area contributed by atoms with Crippen molar-refractivity contribution in [2.24, 2.45) is 5.92 Å². The van der Waals surface area contributed by atoms with Gasteiger partial charge in [0.25, 0.3) is 0 Å². The average Bonchev–Trinajstić information content (AvgIpc) is 3.35. The number of Topliss-reactive ketones (excluding diaryl/α,β-unsaturated/α-hetero) is 1. The quantitative estimate of drug-likeness (QED) is 0.575. The minimum Gasteiger partial charge on any atom is -0.489 e. The van der Waals surface area contributed by atoms with Crippen LogP contribution in [0.3, 0.4) is 0 Å². The molecule has 1 aromatic heterocycles. The monoisotopic (exact) mass is 474 g/mol. The van der Waals surface area contributed by atoms with Gasteiger partial charge in [0.1, 0.15) is 24.5 Å². The summed E-state index contributed by atoms with van der Waals surface area (Å²) in [7, 11) is 0. The molecule has 4 heterocycles. The molecule has 0 aliphatic carbocycles. The molecule has 2 aromatic rings. The molecule has 1 aromatic carbocycles.